The Balaban J connectivity index is 1.37. The van der Waals surface area contributed by atoms with Crippen LogP contribution in [0, 0.1) is 11.6 Å². The molecule has 0 unspecified atom stereocenters. The third kappa shape index (κ3) is 5.49. The Hall–Kier alpha value is -2.41. The molecule has 3 nitrogen and oxygen atoms in total. The van der Waals surface area contributed by atoms with Gasteiger partial charge in [-0.05, 0) is 78.5 Å². The van der Waals surface area contributed by atoms with E-state index < -0.39 is 11.6 Å². The van der Waals surface area contributed by atoms with Crippen molar-refractivity contribution >= 4 is 29.3 Å². The maximum Gasteiger partial charge on any atom is 0.251 e. The van der Waals surface area contributed by atoms with E-state index in [1.165, 1.54) is 17.2 Å². The first-order valence-electron chi connectivity index (χ1n) is 10.5. The lowest BCUT2D eigenvalue weighted by Crippen LogP contribution is -2.22. The third-order valence-corrected chi connectivity index (χ3v) is 7.13. The Bertz CT molecular complexity index is 1120. The van der Waals surface area contributed by atoms with Crippen molar-refractivity contribution in [3.63, 3.8) is 0 Å². The van der Waals surface area contributed by atoms with Crippen LogP contribution in [0.3, 0.4) is 0 Å². The van der Waals surface area contributed by atoms with Crippen LogP contribution in [0.4, 0.5) is 8.78 Å². The van der Waals surface area contributed by atoms with Crippen LogP contribution in [0.5, 0.6) is 0 Å². The van der Waals surface area contributed by atoms with Crippen molar-refractivity contribution in [1.82, 2.24) is 10.6 Å². The van der Waals surface area contributed by atoms with E-state index in [4.69, 9.17) is 11.6 Å². The number of hydrogen-bond donors (Lipinski definition) is 2. The summed E-state index contributed by atoms with van der Waals surface area (Å²) in [5.74, 6) is -1.35. The highest BCUT2D eigenvalue weighted by atomic mass is 35.5. The quantitative estimate of drug-likeness (QED) is 0.463. The molecule has 0 fully saturated rings. The number of benzene rings is 3. The van der Waals surface area contributed by atoms with E-state index in [0.717, 1.165) is 59.3 Å². The summed E-state index contributed by atoms with van der Waals surface area (Å²) < 4.78 is 26.3. The summed E-state index contributed by atoms with van der Waals surface area (Å²) in [5, 5.41) is 6.94. The van der Waals surface area contributed by atoms with E-state index in [9.17, 15) is 13.6 Å². The predicted octanol–water partition coefficient (Wildman–Crippen LogP) is 5.53. The van der Waals surface area contributed by atoms with Crippen molar-refractivity contribution in [1.29, 1.82) is 0 Å². The smallest absolute Gasteiger partial charge is 0.251 e. The van der Waals surface area contributed by atoms with Crippen LogP contribution in [0.1, 0.15) is 32.6 Å². The molecule has 0 aliphatic carbocycles. The summed E-state index contributed by atoms with van der Waals surface area (Å²) in [4.78, 5) is 13.5. The molecule has 1 heterocycles. The van der Waals surface area contributed by atoms with Crippen LogP contribution >= 0.6 is 23.4 Å². The van der Waals surface area contributed by atoms with E-state index in [-0.39, 0.29) is 12.5 Å². The van der Waals surface area contributed by atoms with Gasteiger partial charge in [-0.15, -0.1) is 11.8 Å². The molecule has 1 amide bonds. The van der Waals surface area contributed by atoms with E-state index in [1.807, 2.05) is 18.2 Å². The molecule has 0 atom stereocenters. The Morgan fingerprint density at radius 2 is 1.72 bits per heavy atom. The monoisotopic (exact) mass is 472 g/mol. The fourth-order valence-electron chi connectivity index (χ4n) is 3.71. The van der Waals surface area contributed by atoms with Crippen molar-refractivity contribution in [2.45, 2.75) is 30.0 Å². The van der Waals surface area contributed by atoms with Gasteiger partial charge in [0.2, 0.25) is 0 Å². The first-order chi connectivity index (χ1) is 15.5. The van der Waals surface area contributed by atoms with Gasteiger partial charge in [0.15, 0.2) is 11.6 Å². The molecule has 0 saturated heterocycles. The van der Waals surface area contributed by atoms with E-state index in [1.54, 1.807) is 23.9 Å². The number of carbonyl (C=O) groups excluding carboxylic acids is 1. The molecule has 0 saturated carbocycles. The molecule has 0 aromatic heterocycles. The maximum atomic E-state index is 13.3. The summed E-state index contributed by atoms with van der Waals surface area (Å²) in [6, 6.07) is 15.1. The highest BCUT2D eigenvalue weighted by Gasteiger charge is 2.15. The third-order valence-electron chi connectivity index (χ3n) is 5.47. The Labute approximate surface area is 195 Å². The number of nitrogens with one attached hydrogen (secondary N) is 2. The molecule has 1 aliphatic heterocycles. The molecule has 3 aromatic carbocycles. The van der Waals surface area contributed by atoms with Gasteiger partial charge in [0.1, 0.15) is 0 Å². The van der Waals surface area contributed by atoms with Crippen molar-refractivity contribution in [3.8, 4) is 0 Å². The lowest BCUT2D eigenvalue weighted by molar-refractivity contribution is 0.0951. The molecule has 166 valence electrons. The van der Waals surface area contributed by atoms with Gasteiger partial charge in [-0.3, -0.25) is 4.79 Å². The van der Waals surface area contributed by atoms with Crippen LogP contribution < -0.4 is 10.6 Å². The zero-order valence-corrected chi connectivity index (χ0v) is 19.0. The Morgan fingerprint density at radius 1 is 0.969 bits per heavy atom. The normalized spacial score (nSPS) is 13.3. The van der Waals surface area contributed by atoms with Gasteiger partial charge >= 0.3 is 0 Å². The molecule has 7 heteroatoms. The van der Waals surface area contributed by atoms with Crippen LogP contribution in [0.15, 0.2) is 59.5 Å². The van der Waals surface area contributed by atoms with Crippen molar-refractivity contribution in [3.05, 3.63) is 99.1 Å². The van der Waals surface area contributed by atoms with Gasteiger partial charge in [-0.2, -0.15) is 0 Å². The minimum atomic E-state index is -0.926. The van der Waals surface area contributed by atoms with Gasteiger partial charge in [-0.25, -0.2) is 8.78 Å². The minimum Gasteiger partial charge on any atom is -0.348 e. The Morgan fingerprint density at radius 3 is 2.50 bits per heavy atom. The summed E-state index contributed by atoms with van der Waals surface area (Å²) >= 11 is 8.23. The van der Waals surface area contributed by atoms with Crippen LogP contribution in [0.25, 0.3) is 0 Å². The summed E-state index contributed by atoms with van der Waals surface area (Å²) in [6.45, 7) is 2.06. The highest BCUT2D eigenvalue weighted by molar-refractivity contribution is 7.98. The second-order valence-corrected chi connectivity index (χ2v) is 9.07. The van der Waals surface area contributed by atoms with Crippen LogP contribution in [-0.4, -0.2) is 19.0 Å². The SMILES string of the molecule is O=C(NCc1ccc(F)c(F)c1)c1ccc(CSc2c(Cl)ccc3c2CCNCC3)cc1. The average Bonchev–Trinajstić information content (AvgIpc) is 3.05. The fraction of sp³-hybridized carbons (Fsp3) is 0.240. The minimum absolute atomic E-state index is 0.125. The number of thioether (sulfide) groups is 1. The second kappa shape index (κ2) is 10.5. The number of fused-ring (bicyclic) bond motifs is 1. The Kier molecular flexibility index (Phi) is 7.45. The summed E-state index contributed by atoms with van der Waals surface area (Å²) in [7, 11) is 0. The first-order valence-corrected chi connectivity index (χ1v) is 11.8. The second-order valence-electron chi connectivity index (χ2n) is 7.68. The van der Waals surface area contributed by atoms with Gasteiger partial charge < -0.3 is 10.6 Å². The zero-order chi connectivity index (χ0) is 22.5. The van der Waals surface area contributed by atoms with Gasteiger partial charge in [0.25, 0.3) is 5.91 Å². The molecular weight excluding hydrogens is 450 g/mol. The van der Waals surface area contributed by atoms with Crippen molar-refractivity contribution in [2.24, 2.45) is 0 Å². The zero-order valence-electron chi connectivity index (χ0n) is 17.4. The average molecular weight is 473 g/mol. The molecule has 0 radical (unpaired) electrons. The molecule has 0 spiro atoms. The lowest BCUT2D eigenvalue weighted by Gasteiger charge is -2.14. The molecule has 3 aromatic rings. The largest absolute Gasteiger partial charge is 0.348 e. The fourth-order valence-corrected chi connectivity index (χ4v) is 5.17. The standard InChI is InChI=1S/C25H23ClF2N2OS/c26-21-7-6-18-9-11-29-12-10-20(18)24(21)32-15-16-1-4-19(5-2-16)25(31)30-14-17-3-8-22(27)23(28)13-17/h1-8,13,29H,9-12,14-15H2,(H,30,31). The molecule has 32 heavy (non-hydrogen) atoms. The molecule has 1 aliphatic rings. The molecule has 0 bridgehead atoms. The summed E-state index contributed by atoms with van der Waals surface area (Å²) in [5.41, 5.74) is 4.79. The molecular formula is C25H23ClF2N2OS. The molecule has 4 rings (SSSR count). The van der Waals surface area contributed by atoms with Crippen molar-refractivity contribution in [2.75, 3.05) is 13.1 Å². The molecule has 2 N–H and O–H groups in total. The van der Waals surface area contributed by atoms with E-state index in [0.29, 0.717) is 11.1 Å². The van der Waals surface area contributed by atoms with Gasteiger partial charge in [0.05, 0.1) is 5.02 Å². The number of rotatable bonds is 6. The number of halogens is 3. The number of amides is 1. The van der Waals surface area contributed by atoms with Crippen LogP contribution in [-0.2, 0) is 25.1 Å². The summed E-state index contributed by atoms with van der Waals surface area (Å²) in [6.07, 6.45) is 1.98. The number of hydrogen-bond acceptors (Lipinski definition) is 3. The maximum absolute atomic E-state index is 13.3. The van der Waals surface area contributed by atoms with Crippen molar-refractivity contribution < 1.29 is 13.6 Å². The van der Waals surface area contributed by atoms with E-state index in [2.05, 4.69) is 16.7 Å². The van der Waals surface area contributed by atoms with Gasteiger partial charge in [0, 0.05) is 22.8 Å². The van der Waals surface area contributed by atoms with E-state index >= 15 is 0 Å². The number of carbonyl (C=O) groups is 1. The van der Waals surface area contributed by atoms with Crippen LogP contribution in [0.2, 0.25) is 5.02 Å². The lowest BCUT2D eigenvalue weighted by atomic mass is 10.0. The topological polar surface area (TPSA) is 41.1 Å². The predicted molar refractivity (Wildman–Crippen MR) is 125 cm³/mol. The van der Waals surface area contributed by atoms with Gasteiger partial charge in [-0.1, -0.05) is 35.9 Å². The first kappa shape index (κ1) is 22.8. The highest BCUT2D eigenvalue weighted by Crippen LogP contribution is 2.36.